The van der Waals surface area contributed by atoms with Crippen LogP contribution in [-0.2, 0) is 10.8 Å². The minimum absolute atomic E-state index is 0.261. The third-order valence-electron chi connectivity index (χ3n) is 5.28. The maximum absolute atomic E-state index is 12.4. The van der Waals surface area contributed by atoms with Gasteiger partial charge in [-0.25, -0.2) is 0 Å². The first kappa shape index (κ1) is 16.6. The van der Waals surface area contributed by atoms with E-state index in [0.29, 0.717) is 6.04 Å². The summed E-state index contributed by atoms with van der Waals surface area (Å²) < 4.78 is 12.4. The van der Waals surface area contributed by atoms with Crippen molar-refractivity contribution in [1.29, 1.82) is 0 Å². The zero-order valence-corrected chi connectivity index (χ0v) is 15.9. The van der Waals surface area contributed by atoms with E-state index in [1.165, 1.54) is 10.4 Å². The van der Waals surface area contributed by atoms with Crippen LogP contribution in [0.3, 0.4) is 0 Å². The average molecular weight is 344 g/mol. The van der Waals surface area contributed by atoms with Crippen LogP contribution in [0, 0.1) is 0 Å². The molecule has 1 fully saturated rings. The SMILES string of the molecule is CN(C)[C@@H]1C[Si](c2ccccc2)(c2ccccc2)C[C@H]1S(C)=O. The van der Waals surface area contributed by atoms with Crippen molar-refractivity contribution in [3.05, 3.63) is 60.7 Å². The van der Waals surface area contributed by atoms with Crippen LogP contribution >= 0.6 is 0 Å². The lowest BCUT2D eigenvalue weighted by Gasteiger charge is -2.29. The van der Waals surface area contributed by atoms with E-state index >= 15 is 0 Å². The van der Waals surface area contributed by atoms with E-state index in [-0.39, 0.29) is 5.25 Å². The number of rotatable bonds is 4. The topological polar surface area (TPSA) is 20.3 Å². The molecule has 1 unspecified atom stereocenters. The van der Waals surface area contributed by atoms with Crippen molar-refractivity contribution in [1.82, 2.24) is 4.90 Å². The summed E-state index contributed by atoms with van der Waals surface area (Å²) in [4.78, 5) is 2.28. The molecule has 1 heterocycles. The number of hydrogen-bond acceptors (Lipinski definition) is 2. The van der Waals surface area contributed by atoms with Crippen molar-refractivity contribution in [3.63, 3.8) is 0 Å². The molecule has 0 spiro atoms. The average Bonchev–Trinajstić information content (AvgIpc) is 2.99. The first-order valence-electron chi connectivity index (χ1n) is 8.14. The molecule has 1 aliphatic heterocycles. The maximum Gasteiger partial charge on any atom is 0.120 e. The summed E-state index contributed by atoms with van der Waals surface area (Å²) in [6.07, 6.45) is 1.88. The van der Waals surface area contributed by atoms with Gasteiger partial charge in [0, 0.05) is 28.3 Å². The molecule has 3 rings (SSSR count). The molecule has 2 aromatic carbocycles. The van der Waals surface area contributed by atoms with Gasteiger partial charge in [0.25, 0.3) is 0 Å². The van der Waals surface area contributed by atoms with E-state index in [9.17, 15) is 4.21 Å². The highest BCUT2D eigenvalue weighted by Crippen LogP contribution is 2.35. The Morgan fingerprint density at radius 2 is 1.39 bits per heavy atom. The first-order chi connectivity index (χ1) is 11.0. The van der Waals surface area contributed by atoms with Crippen molar-refractivity contribution in [3.8, 4) is 0 Å². The highest BCUT2D eigenvalue weighted by Gasteiger charge is 2.51. The summed E-state index contributed by atoms with van der Waals surface area (Å²) in [6.45, 7) is 0. The van der Waals surface area contributed by atoms with Crippen molar-refractivity contribution < 1.29 is 4.21 Å². The Bertz CT molecular complexity index is 635. The summed E-state index contributed by atoms with van der Waals surface area (Å²) >= 11 is 0. The fourth-order valence-electron chi connectivity index (χ4n) is 4.06. The Hall–Kier alpha value is -1.23. The van der Waals surface area contributed by atoms with Crippen molar-refractivity contribution in [2.24, 2.45) is 0 Å². The van der Waals surface area contributed by atoms with E-state index in [1.807, 2.05) is 6.26 Å². The summed E-state index contributed by atoms with van der Waals surface area (Å²) in [5.74, 6) is 0. The van der Waals surface area contributed by atoms with Gasteiger partial charge >= 0.3 is 0 Å². The molecule has 1 aliphatic rings. The molecule has 4 heteroatoms. The molecule has 0 aliphatic carbocycles. The molecule has 2 aromatic rings. The lowest BCUT2D eigenvalue weighted by molar-refractivity contribution is 0.319. The minimum atomic E-state index is -1.87. The van der Waals surface area contributed by atoms with Gasteiger partial charge < -0.3 is 4.90 Å². The Morgan fingerprint density at radius 1 is 0.913 bits per heavy atom. The van der Waals surface area contributed by atoms with Crippen LogP contribution in [0.15, 0.2) is 60.7 Å². The van der Waals surface area contributed by atoms with Gasteiger partial charge in [-0.1, -0.05) is 71.0 Å². The zero-order valence-electron chi connectivity index (χ0n) is 14.1. The summed E-state index contributed by atoms with van der Waals surface area (Å²) in [5.41, 5.74) is 0. The fraction of sp³-hybridized carbons (Fsp3) is 0.368. The first-order valence-corrected chi connectivity index (χ1v) is 12.2. The summed E-state index contributed by atoms with van der Waals surface area (Å²) in [5, 5.41) is 3.22. The van der Waals surface area contributed by atoms with Crippen LogP contribution in [0.5, 0.6) is 0 Å². The third-order valence-corrected chi connectivity index (χ3v) is 12.0. The normalized spacial score (nSPS) is 24.7. The predicted octanol–water partition coefficient (Wildman–Crippen LogP) is 1.94. The third kappa shape index (κ3) is 3.08. The van der Waals surface area contributed by atoms with Crippen LogP contribution in [0.2, 0.25) is 12.1 Å². The molecule has 0 radical (unpaired) electrons. The largest absolute Gasteiger partial charge is 0.306 e. The van der Waals surface area contributed by atoms with Crippen molar-refractivity contribution in [2.75, 3.05) is 20.4 Å². The molecule has 0 amide bonds. The molecule has 3 atom stereocenters. The van der Waals surface area contributed by atoms with Crippen molar-refractivity contribution in [2.45, 2.75) is 23.4 Å². The van der Waals surface area contributed by atoms with Gasteiger partial charge in [-0.2, -0.15) is 0 Å². The molecule has 0 aromatic heterocycles. The van der Waals surface area contributed by atoms with Crippen LogP contribution in [0.4, 0.5) is 0 Å². The fourth-order valence-corrected chi connectivity index (χ4v) is 12.2. The quantitative estimate of drug-likeness (QED) is 0.791. The summed E-state index contributed by atoms with van der Waals surface area (Å²) in [6, 6.07) is 24.5. The number of hydrogen-bond donors (Lipinski definition) is 0. The highest BCUT2D eigenvalue weighted by molar-refractivity contribution is 7.85. The van der Waals surface area contributed by atoms with Gasteiger partial charge in [-0.3, -0.25) is 4.21 Å². The monoisotopic (exact) mass is 343 g/mol. The van der Waals surface area contributed by atoms with E-state index in [1.54, 1.807) is 0 Å². The molecule has 0 bridgehead atoms. The molecule has 122 valence electrons. The Morgan fingerprint density at radius 3 is 1.74 bits per heavy atom. The van der Waals surface area contributed by atoms with Crippen LogP contribution in [-0.4, -0.2) is 48.8 Å². The Kier molecular flexibility index (Phi) is 4.85. The molecule has 0 saturated carbocycles. The van der Waals surface area contributed by atoms with Crippen molar-refractivity contribution >= 4 is 29.2 Å². The number of benzene rings is 2. The second kappa shape index (κ2) is 6.71. The molecule has 0 N–H and O–H groups in total. The Balaban J connectivity index is 2.13. The lowest BCUT2D eigenvalue weighted by Crippen LogP contribution is -2.57. The van der Waals surface area contributed by atoms with E-state index in [2.05, 4.69) is 79.7 Å². The number of nitrogens with zero attached hydrogens (tertiary/aromatic N) is 1. The van der Waals surface area contributed by atoms with Gasteiger partial charge in [0.05, 0.1) is 0 Å². The predicted molar refractivity (Wildman–Crippen MR) is 103 cm³/mol. The van der Waals surface area contributed by atoms with Gasteiger partial charge in [0.15, 0.2) is 0 Å². The van der Waals surface area contributed by atoms with Gasteiger partial charge in [-0.15, -0.1) is 0 Å². The van der Waals surface area contributed by atoms with Crippen LogP contribution in [0.1, 0.15) is 0 Å². The second-order valence-electron chi connectivity index (χ2n) is 6.79. The standard InChI is InChI=1S/C19H25NOSSi/c1-20(2)18-14-23(15-19(18)22(3)21,16-10-6-4-7-11-16)17-12-8-5-9-13-17/h4-13,18-19H,14-15H2,1-3H3/t18-,19-,22?/m1/s1. The highest BCUT2D eigenvalue weighted by atomic mass is 32.2. The van der Waals surface area contributed by atoms with Gasteiger partial charge in [0.2, 0.25) is 0 Å². The maximum atomic E-state index is 12.4. The second-order valence-corrected chi connectivity index (χ2v) is 12.5. The zero-order chi connectivity index (χ0) is 16.4. The molecule has 23 heavy (non-hydrogen) atoms. The molecule has 1 saturated heterocycles. The smallest absolute Gasteiger partial charge is 0.120 e. The Labute approximate surface area is 143 Å². The van der Waals surface area contributed by atoms with E-state index in [4.69, 9.17) is 0 Å². The molecule has 2 nitrogen and oxygen atoms in total. The summed E-state index contributed by atoms with van der Waals surface area (Å²) in [7, 11) is 1.60. The van der Waals surface area contributed by atoms with Crippen LogP contribution in [0.25, 0.3) is 0 Å². The van der Waals surface area contributed by atoms with E-state index in [0.717, 1.165) is 12.1 Å². The van der Waals surface area contributed by atoms with Gasteiger partial charge in [-0.05, 0) is 26.2 Å². The minimum Gasteiger partial charge on any atom is -0.306 e. The molecular weight excluding hydrogens is 318 g/mol. The molecular formula is C19H25NOSSi. The van der Waals surface area contributed by atoms with Crippen LogP contribution < -0.4 is 10.4 Å². The van der Waals surface area contributed by atoms with Gasteiger partial charge in [0.1, 0.15) is 8.07 Å². The lowest BCUT2D eigenvalue weighted by atomic mass is 10.2. The van der Waals surface area contributed by atoms with E-state index < -0.39 is 18.9 Å².